The van der Waals surface area contributed by atoms with E-state index in [0.29, 0.717) is 0 Å². The van der Waals surface area contributed by atoms with E-state index in [9.17, 15) is 0 Å². The molecule has 0 aromatic rings. The molecule has 0 radical (unpaired) electrons. The van der Waals surface area contributed by atoms with Gasteiger partial charge in [0, 0.05) is 0 Å². The highest BCUT2D eigenvalue weighted by Gasteiger charge is 1.66. The maximum Gasteiger partial charge on any atom is -0.0831 e. The standard InChI is InChI=1S/C6H12/c1-3-5-6-4-2/h1-6H2/q-2. The van der Waals surface area contributed by atoms with Gasteiger partial charge in [0.1, 0.15) is 0 Å². The van der Waals surface area contributed by atoms with Crippen molar-refractivity contribution in [3.05, 3.63) is 13.8 Å². The Labute approximate surface area is 40.6 Å². The first-order chi connectivity index (χ1) is 2.91. The summed E-state index contributed by atoms with van der Waals surface area (Å²) in [6.45, 7) is 7.39. The van der Waals surface area contributed by atoms with Gasteiger partial charge in [0.05, 0.1) is 0 Å². The lowest BCUT2D eigenvalue weighted by Gasteiger charge is -1.95. The zero-order valence-corrected chi connectivity index (χ0v) is 4.24. The third kappa shape index (κ3) is 4.00. The summed E-state index contributed by atoms with van der Waals surface area (Å²) < 4.78 is 0. The average Bonchev–Trinajstić information content (AvgIpc) is 1.61. The van der Waals surface area contributed by atoms with Crippen LogP contribution in [0.25, 0.3) is 0 Å². The van der Waals surface area contributed by atoms with E-state index in [0.717, 1.165) is 12.8 Å². The molecule has 0 fully saturated rings. The third-order valence-corrected chi connectivity index (χ3v) is 0.750. The molecule has 0 aromatic carbocycles. The Morgan fingerprint density at radius 2 is 1.17 bits per heavy atom. The van der Waals surface area contributed by atoms with E-state index >= 15 is 0 Å². The van der Waals surface area contributed by atoms with Crippen molar-refractivity contribution in [1.82, 2.24) is 0 Å². The van der Waals surface area contributed by atoms with Crippen LogP contribution in [0, 0.1) is 13.8 Å². The first-order valence-electron chi connectivity index (χ1n) is 2.50. The summed E-state index contributed by atoms with van der Waals surface area (Å²) in [5.41, 5.74) is 0. The number of hydrogen-bond donors (Lipinski definition) is 0. The van der Waals surface area contributed by atoms with Gasteiger partial charge in [-0.3, -0.25) is 0 Å². The van der Waals surface area contributed by atoms with Crippen LogP contribution in [0.15, 0.2) is 0 Å². The Morgan fingerprint density at radius 1 is 0.833 bits per heavy atom. The largest absolute Gasteiger partial charge is 0.343 e. The number of unbranched alkanes of at least 4 members (excludes halogenated alkanes) is 3. The SMILES string of the molecule is [CH2-]CCCC[CH2-]. The topological polar surface area (TPSA) is 0 Å². The van der Waals surface area contributed by atoms with Gasteiger partial charge in [-0.1, -0.05) is 12.8 Å². The quantitative estimate of drug-likeness (QED) is 0.363. The lowest BCUT2D eigenvalue weighted by Crippen LogP contribution is -1.66. The minimum Gasteiger partial charge on any atom is -0.343 e. The van der Waals surface area contributed by atoms with E-state index in [1.165, 1.54) is 12.8 Å². The molecule has 0 rings (SSSR count). The molecule has 0 aliphatic carbocycles. The number of hydrogen-bond acceptors (Lipinski definition) is 0. The summed E-state index contributed by atoms with van der Waals surface area (Å²) in [5, 5.41) is 0. The molecule has 0 unspecified atom stereocenters. The molecular formula is C6H12-2. The highest BCUT2D eigenvalue weighted by molar-refractivity contribution is 4.43. The van der Waals surface area contributed by atoms with E-state index in [4.69, 9.17) is 0 Å². The minimum atomic E-state index is 1.06. The van der Waals surface area contributed by atoms with Crippen molar-refractivity contribution in [2.75, 3.05) is 0 Å². The summed E-state index contributed by atoms with van der Waals surface area (Å²) >= 11 is 0. The van der Waals surface area contributed by atoms with Crippen LogP contribution in [0.2, 0.25) is 0 Å². The van der Waals surface area contributed by atoms with Gasteiger partial charge in [-0.15, -0.1) is 0 Å². The van der Waals surface area contributed by atoms with E-state index in [2.05, 4.69) is 13.8 Å². The molecule has 0 amide bonds. The Bertz CT molecular complexity index is 12.0. The van der Waals surface area contributed by atoms with Crippen LogP contribution >= 0.6 is 0 Å². The molecule has 6 heavy (non-hydrogen) atoms. The Balaban J connectivity index is 2.34. The fraction of sp³-hybridized carbons (Fsp3) is 0.667. The van der Waals surface area contributed by atoms with Crippen molar-refractivity contribution in [1.29, 1.82) is 0 Å². The molecule has 0 heterocycles. The summed E-state index contributed by atoms with van der Waals surface area (Å²) in [6, 6.07) is 0. The van der Waals surface area contributed by atoms with Gasteiger partial charge in [0.2, 0.25) is 0 Å². The van der Waals surface area contributed by atoms with Crippen molar-refractivity contribution in [3.63, 3.8) is 0 Å². The zero-order valence-electron chi connectivity index (χ0n) is 4.24. The van der Waals surface area contributed by atoms with Gasteiger partial charge >= 0.3 is 0 Å². The van der Waals surface area contributed by atoms with E-state index in [-0.39, 0.29) is 0 Å². The molecule has 0 atom stereocenters. The molecule has 0 saturated carbocycles. The van der Waals surface area contributed by atoms with E-state index < -0.39 is 0 Å². The van der Waals surface area contributed by atoms with Crippen molar-refractivity contribution >= 4 is 0 Å². The molecule has 0 nitrogen and oxygen atoms in total. The zero-order chi connectivity index (χ0) is 4.83. The maximum absolute atomic E-state index is 3.70. The fourth-order valence-electron chi connectivity index (χ4n) is 0.354. The highest BCUT2D eigenvalue weighted by atomic mass is 13.8. The van der Waals surface area contributed by atoms with Gasteiger partial charge in [-0.25, -0.2) is 0 Å². The molecule has 0 N–H and O–H groups in total. The molecule has 0 saturated heterocycles. The third-order valence-electron chi connectivity index (χ3n) is 0.750. The second-order valence-corrected chi connectivity index (χ2v) is 1.41. The lowest BCUT2D eigenvalue weighted by atomic mass is 10.2. The fourth-order valence-corrected chi connectivity index (χ4v) is 0.354. The molecular weight excluding hydrogens is 72.1 g/mol. The summed E-state index contributed by atoms with van der Waals surface area (Å²) in [6.07, 6.45) is 4.61. The van der Waals surface area contributed by atoms with Gasteiger partial charge in [-0.2, -0.15) is 12.8 Å². The normalized spacial score (nSPS) is 9.00. The van der Waals surface area contributed by atoms with E-state index in [1.54, 1.807) is 0 Å². The van der Waals surface area contributed by atoms with Crippen molar-refractivity contribution in [2.45, 2.75) is 25.7 Å². The first-order valence-corrected chi connectivity index (χ1v) is 2.50. The van der Waals surface area contributed by atoms with Crippen molar-refractivity contribution in [3.8, 4) is 0 Å². The molecule has 38 valence electrons. The molecule has 0 aliphatic heterocycles. The molecule has 0 aromatic heterocycles. The average molecular weight is 84.2 g/mol. The van der Waals surface area contributed by atoms with Gasteiger partial charge in [0.15, 0.2) is 0 Å². The first kappa shape index (κ1) is 6.00. The van der Waals surface area contributed by atoms with Crippen LogP contribution in [0.4, 0.5) is 0 Å². The van der Waals surface area contributed by atoms with Crippen LogP contribution in [0.5, 0.6) is 0 Å². The Hall–Kier alpha value is 0. The van der Waals surface area contributed by atoms with Crippen LogP contribution in [0.3, 0.4) is 0 Å². The lowest BCUT2D eigenvalue weighted by molar-refractivity contribution is 0.759. The van der Waals surface area contributed by atoms with Crippen LogP contribution in [-0.2, 0) is 0 Å². The van der Waals surface area contributed by atoms with Crippen molar-refractivity contribution < 1.29 is 0 Å². The second-order valence-electron chi connectivity index (χ2n) is 1.41. The van der Waals surface area contributed by atoms with Crippen LogP contribution in [0.1, 0.15) is 25.7 Å². The van der Waals surface area contributed by atoms with Crippen LogP contribution in [-0.4, -0.2) is 0 Å². The predicted molar refractivity (Wildman–Crippen MR) is 29.2 cm³/mol. The minimum absolute atomic E-state index is 1.06. The smallest absolute Gasteiger partial charge is 0.0831 e. The van der Waals surface area contributed by atoms with Crippen LogP contribution < -0.4 is 0 Å². The highest BCUT2D eigenvalue weighted by Crippen LogP contribution is 1.94. The van der Waals surface area contributed by atoms with Gasteiger partial charge < -0.3 is 13.8 Å². The monoisotopic (exact) mass is 84.1 g/mol. The second kappa shape index (κ2) is 5.00. The van der Waals surface area contributed by atoms with Crippen molar-refractivity contribution in [2.24, 2.45) is 0 Å². The molecule has 0 spiro atoms. The van der Waals surface area contributed by atoms with E-state index in [1.807, 2.05) is 0 Å². The van der Waals surface area contributed by atoms with Gasteiger partial charge in [0.25, 0.3) is 0 Å². The summed E-state index contributed by atoms with van der Waals surface area (Å²) in [4.78, 5) is 0. The molecule has 0 bridgehead atoms. The maximum atomic E-state index is 3.70. The van der Waals surface area contributed by atoms with Gasteiger partial charge in [-0.05, 0) is 0 Å². The molecule has 0 heteroatoms. The Morgan fingerprint density at radius 3 is 1.33 bits per heavy atom. The Kier molecular flexibility index (Phi) is 5.00. The summed E-state index contributed by atoms with van der Waals surface area (Å²) in [7, 11) is 0. The molecule has 0 aliphatic rings. The number of rotatable bonds is 3. The summed E-state index contributed by atoms with van der Waals surface area (Å²) in [5.74, 6) is 0. The predicted octanol–water partition coefficient (Wildman–Crippen LogP) is 2.21.